The number of carboxylic acid groups (broad SMARTS) is 1. The molecule has 1 radical (unpaired) electrons. The van der Waals surface area contributed by atoms with Gasteiger partial charge in [-0.3, -0.25) is 0 Å². The molecule has 3 aromatic rings. The molecule has 31 heavy (non-hydrogen) atoms. The number of rotatable bonds is 6. The number of hydrogen-bond acceptors (Lipinski definition) is 3. The van der Waals surface area contributed by atoms with Gasteiger partial charge in [0.25, 0.3) is 0 Å². The molecule has 1 heterocycles. The Morgan fingerprint density at radius 1 is 1.06 bits per heavy atom. The second kappa shape index (κ2) is 10.8. The minimum absolute atomic E-state index is 0. The number of ether oxygens (including phenoxy) is 1. The molecule has 0 amide bonds. The summed E-state index contributed by atoms with van der Waals surface area (Å²) in [5.74, 6) is -0.274. The van der Waals surface area contributed by atoms with Gasteiger partial charge in [-0.25, -0.2) is 9.78 Å². The molecule has 0 atom stereocenters. The SMILES string of the molecule is O=C(O)c1cccc(C2=C(c3cc(Cl)ccc3OCc3ccc(Br)cc3)CCC2)n1.[Na]. The van der Waals surface area contributed by atoms with Crippen LogP contribution >= 0.6 is 27.5 Å². The van der Waals surface area contributed by atoms with E-state index in [2.05, 4.69) is 20.9 Å². The van der Waals surface area contributed by atoms with E-state index in [4.69, 9.17) is 16.3 Å². The number of carboxylic acids is 1. The third-order valence-corrected chi connectivity index (χ3v) is 5.83. The molecule has 4 nitrogen and oxygen atoms in total. The number of benzene rings is 2. The van der Waals surface area contributed by atoms with Crippen molar-refractivity contribution in [2.75, 3.05) is 0 Å². The van der Waals surface area contributed by atoms with Gasteiger partial charge in [0.2, 0.25) is 0 Å². The third-order valence-electron chi connectivity index (χ3n) is 5.07. The molecule has 1 aliphatic rings. The van der Waals surface area contributed by atoms with Crippen LogP contribution in [0.5, 0.6) is 5.75 Å². The normalized spacial score (nSPS) is 13.1. The van der Waals surface area contributed by atoms with E-state index in [1.807, 2.05) is 48.5 Å². The Hall–Kier alpha value is -1.63. The zero-order valence-electron chi connectivity index (χ0n) is 17.1. The van der Waals surface area contributed by atoms with Crippen LogP contribution < -0.4 is 4.74 Å². The standard InChI is InChI=1S/C24H19BrClNO3.Na/c25-16-9-7-15(8-10-16)14-30-23-12-11-17(26)13-20(23)18-3-1-4-19(18)21-5-2-6-22(27-21)24(28)29;/h2,5-13H,1,3-4,14H2,(H,28,29);. The summed E-state index contributed by atoms with van der Waals surface area (Å²) in [7, 11) is 0. The van der Waals surface area contributed by atoms with Gasteiger partial charge >= 0.3 is 5.97 Å². The summed E-state index contributed by atoms with van der Waals surface area (Å²) < 4.78 is 7.18. The van der Waals surface area contributed by atoms with Crippen molar-refractivity contribution < 1.29 is 14.6 Å². The van der Waals surface area contributed by atoms with Crippen LogP contribution in [0.15, 0.2) is 65.1 Å². The number of pyridine rings is 1. The second-order valence-electron chi connectivity index (χ2n) is 7.08. The van der Waals surface area contributed by atoms with Crippen molar-refractivity contribution in [3.8, 4) is 5.75 Å². The molecule has 0 spiro atoms. The van der Waals surface area contributed by atoms with Gasteiger partial charge in [-0.15, -0.1) is 0 Å². The zero-order valence-corrected chi connectivity index (χ0v) is 21.4. The topological polar surface area (TPSA) is 59.4 Å². The molecule has 1 aliphatic carbocycles. The number of nitrogens with zero attached hydrogens (tertiary/aromatic N) is 1. The Morgan fingerprint density at radius 2 is 1.81 bits per heavy atom. The fourth-order valence-corrected chi connectivity index (χ4v) is 4.09. The number of allylic oxidation sites excluding steroid dienone is 2. The monoisotopic (exact) mass is 506 g/mol. The zero-order chi connectivity index (χ0) is 21.1. The maximum Gasteiger partial charge on any atom is 0.354 e. The number of hydrogen-bond donors (Lipinski definition) is 1. The first-order valence-corrected chi connectivity index (χ1v) is 10.8. The van der Waals surface area contributed by atoms with Gasteiger partial charge in [-0.05, 0) is 78.4 Å². The average Bonchev–Trinajstić information content (AvgIpc) is 3.24. The first kappa shape index (κ1) is 24.0. The smallest absolute Gasteiger partial charge is 0.354 e. The molecule has 0 saturated carbocycles. The van der Waals surface area contributed by atoms with Crippen molar-refractivity contribution >= 4 is 74.2 Å². The van der Waals surface area contributed by atoms with Crippen LogP contribution in [0.4, 0.5) is 0 Å². The minimum atomic E-state index is -1.03. The predicted octanol–water partition coefficient (Wildman–Crippen LogP) is 6.49. The molecule has 2 aromatic carbocycles. The van der Waals surface area contributed by atoms with Crippen LogP contribution in [0.3, 0.4) is 0 Å². The van der Waals surface area contributed by atoms with Gasteiger partial charge in [0.05, 0.1) is 5.69 Å². The number of halogens is 2. The molecule has 0 bridgehead atoms. The van der Waals surface area contributed by atoms with Crippen LogP contribution in [0.1, 0.15) is 46.6 Å². The van der Waals surface area contributed by atoms with E-state index >= 15 is 0 Å². The summed E-state index contributed by atoms with van der Waals surface area (Å²) in [5, 5.41) is 9.92. The Labute approximate surface area is 216 Å². The molecule has 4 rings (SSSR count). The van der Waals surface area contributed by atoms with E-state index in [1.165, 1.54) is 6.07 Å². The van der Waals surface area contributed by atoms with Gasteiger partial charge in [0.1, 0.15) is 18.1 Å². The summed E-state index contributed by atoms with van der Waals surface area (Å²) >= 11 is 9.76. The molecule has 7 heteroatoms. The van der Waals surface area contributed by atoms with Crippen molar-refractivity contribution in [3.63, 3.8) is 0 Å². The summed E-state index contributed by atoms with van der Waals surface area (Å²) in [4.78, 5) is 15.7. The fraction of sp³-hybridized carbons (Fsp3) is 0.167. The maximum absolute atomic E-state index is 11.3. The first-order chi connectivity index (χ1) is 14.5. The molecule has 1 aromatic heterocycles. The van der Waals surface area contributed by atoms with E-state index in [-0.39, 0.29) is 35.3 Å². The van der Waals surface area contributed by atoms with Crippen LogP contribution in [0.2, 0.25) is 5.02 Å². The molecule has 0 aliphatic heterocycles. The number of carbonyl (C=O) groups is 1. The van der Waals surface area contributed by atoms with E-state index in [1.54, 1.807) is 6.07 Å². The van der Waals surface area contributed by atoms with Gasteiger partial charge in [0, 0.05) is 44.6 Å². The molecule has 0 unspecified atom stereocenters. The summed E-state index contributed by atoms with van der Waals surface area (Å²) in [6, 6.07) is 18.7. The largest absolute Gasteiger partial charge is 0.488 e. The number of aromatic carboxylic acids is 1. The van der Waals surface area contributed by atoms with Crippen molar-refractivity contribution in [2.45, 2.75) is 25.9 Å². The van der Waals surface area contributed by atoms with Gasteiger partial charge in [-0.1, -0.05) is 45.7 Å². The summed E-state index contributed by atoms with van der Waals surface area (Å²) in [6.45, 7) is 0.442. The molecular formula is C24H19BrClNNaO3. The van der Waals surface area contributed by atoms with Crippen LogP contribution in [-0.4, -0.2) is 45.6 Å². The van der Waals surface area contributed by atoms with Gasteiger partial charge < -0.3 is 9.84 Å². The third kappa shape index (κ3) is 5.79. The predicted molar refractivity (Wildman–Crippen MR) is 128 cm³/mol. The second-order valence-corrected chi connectivity index (χ2v) is 8.43. The quantitative estimate of drug-likeness (QED) is 0.388. The van der Waals surface area contributed by atoms with Crippen LogP contribution in [-0.2, 0) is 6.61 Å². The van der Waals surface area contributed by atoms with Crippen molar-refractivity contribution in [3.05, 3.63) is 92.7 Å². The Kier molecular flexibility index (Phi) is 8.36. The first-order valence-electron chi connectivity index (χ1n) is 9.61. The van der Waals surface area contributed by atoms with E-state index < -0.39 is 5.97 Å². The fourth-order valence-electron chi connectivity index (χ4n) is 3.65. The Morgan fingerprint density at radius 3 is 2.55 bits per heavy atom. The maximum atomic E-state index is 11.3. The molecule has 0 fully saturated rings. The van der Waals surface area contributed by atoms with Gasteiger partial charge in [-0.2, -0.15) is 0 Å². The van der Waals surface area contributed by atoms with Crippen LogP contribution in [0, 0.1) is 0 Å². The Balaban J connectivity index is 0.00000272. The number of aromatic nitrogens is 1. The summed E-state index contributed by atoms with van der Waals surface area (Å²) in [5.41, 5.74) is 4.91. The van der Waals surface area contributed by atoms with Crippen LogP contribution in [0.25, 0.3) is 11.1 Å². The molecule has 1 N–H and O–H groups in total. The van der Waals surface area contributed by atoms with Crippen molar-refractivity contribution in [1.29, 1.82) is 0 Å². The van der Waals surface area contributed by atoms with Crippen molar-refractivity contribution in [2.24, 2.45) is 0 Å². The average molecular weight is 508 g/mol. The molecule has 0 saturated heterocycles. The van der Waals surface area contributed by atoms with E-state index in [0.717, 1.165) is 51.8 Å². The minimum Gasteiger partial charge on any atom is -0.488 e. The van der Waals surface area contributed by atoms with Gasteiger partial charge in [0.15, 0.2) is 0 Å². The molecule has 153 valence electrons. The van der Waals surface area contributed by atoms with Crippen molar-refractivity contribution in [1.82, 2.24) is 4.98 Å². The Bertz CT molecular complexity index is 1130. The summed E-state index contributed by atoms with van der Waals surface area (Å²) in [6.07, 6.45) is 2.68. The molecular weight excluding hydrogens is 489 g/mol. The van der Waals surface area contributed by atoms with E-state index in [9.17, 15) is 9.90 Å². The van der Waals surface area contributed by atoms with E-state index in [0.29, 0.717) is 17.3 Å².